The maximum Gasteiger partial charge on any atom is 0.232 e. The Morgan fingerprint density at radius 1 is 0.912 bits per heavy atom. The zero-order valence-electron chi connectivity index (χ0n) is 20.9. The molecule has 0 fully saturated rings. The normalized spacial score (nSPS) is 11.9. The van der Waals surface area contributed by atoms with Crippen LogP contribution >= 0.6 is 0 Å². The summed E-state index contributed by atoms with van der Waals surface area (Å²) < 4.78 is 1.90. The average molecular weight is 461 g/mol. The van der Waals surface area contributed by atoms with E-state index in [1.165, 1.54) is 5.56 Å². The number of carbonyl (C=O) groups excluding carboxylic acids is 2. The molecule has 2 N–H and O–H groups in total. The molecule has 0 saturated carbocycles. The molecule has 180 valence electrons. The predicted octanol–water partition coefficient (Wildman–Crippen LogP) is 4.61. The Hall–Kier alpha value is -3.41. The van der Waals surface area contributed by atoms with E-state index in [-0.39, 0.29) is 36.2 Å². The van der Waals surface area contributed by atoms with Crippen LogP contribution in [-0.4, -0.2) is 28.1 Å². The molecule has 2 aromatic carbocycles. The summed E-state index contributed by atoms with van der Waals surface area (Å²) in [5.41, 5.74) is 7.88. The van der Waals surface area contributed by atoms with Gasteiger partial charge in [0, 0.05) is 24.4 Å². The van der Waals surface area contributed by atoms with Gasteiger partial charge in [-0.05, 0) is 38.3 Å². The van der Waals surface area contributed by atoms with E-state index in [0.29, 0.717) is 5.82 Å². The Bertz CT molecular complexity index is 1110. The molecule has 0 radical (unpaired) electrons. The van der Waals surface area contributed by atoms with Crippen LogP contribution in [0.4, 0.5) is 5.82 Å². The van der Waals surface area contributed by atoms with E-state index in [1.54, 1.807) is 4.90 Å². The van der Waals surface area contributed by atoms with Gasteiger partial charge in [0.2, 0.25) is 11.8 Å². The number of nitrogens with two attached hydrogens (primary N) is 1. The third-order valence-corrected chi connectivity index (χ3v) is 5.87. The van der Waals surface area contributed by atoms with E-state index in [1.807, 2.05) is 59.3 Å². The first-order chi connectivity index (χ1) is 16.0. The van der Waals surface area contributed by atoms with Gasteiger partial charge in [0.25, 0.3) is 0 Å². The average Bonchev–Trinajstić information content (AvgIpc) is 3.22. The summed E-state index contributed by atoms with van der Waals surface area (Å²) in [4.78, 5) is 26.8. The molecule has 0 bridgehead atoms. The maximum atomic E-state index is 13.5. The van der Waals surface area contributed by atoms with Gasteiger partial charge in [0.05, 0.1) is 17.7 Å². The van der Waals surface area contributed by atoms with E-state index in [2.05, 4.69) is 46.8 Å². The van der Waals surface area contributed by atoms with Crippen LogP contribution in [0.25, 0.3) is 0 Å². The number of primary amides is 1. The summed E-state index contributed by atoms with van der Waals surface area (Å²) in [5, 5.41) is 4.99. The Kier molecular flexibility index (Phi) is 7.60. The summed E-state index contributed by atoms with van der Waals surface area (Å²) in [7, 11) is 0. The molecule has 3 rings (SSSR count). The van der Waals surface area contributed by atoms with Crippen LogP contribution in [0, 0.1) is 0 Å². The molecule has 6 heteroatoms. The predicted molar refractivity (Wildman–Crippen MR) is 137 cm³/mol. The number of amides is 2. The SMILES string of the molecule is CC(C)(Cc1ccccc1)c1cc(N(CCC(N)=O)C(=O)Cc2ccccc2)n(C(C)(C)C)n1. The molecule has 0 spiro atoms. The molecule has 0 saturated heterocycles. The lowest BCUT2D eigenvalue weighted by atomic mass is 9.83. The Balaban J connectivity index is 2.02. The zero-order chi connectivity index (χ0) is 24.9. The van der Waals surface area contributed by atoms with Crippen LogP contribution in [0.2, 0.25) is 0 Å². The molecule has 1 heterocycles. The van der Waals surface area contributed by atoms with E-state index in [0.717, 1.165) is 17.7 Å². The Morgan fingerprint density at radius 2 is 1.47 bits per heavy atom. The lowest BCUT2D eigenvalue weighted by molar-refractivity contribution is -0.118. The highest BCUT2D eigenvalue weighted by Gasteiger charge is 2.32. The minimum absolute atomic E-state index is 0.0819. The number of rotatable bonds is 9. The molecule has 0 atom stereocenters. The molecular formula is C28H36N4O2. The third kappa shape index (κ3) is 6.34. The molecule has 0 unspecified atom stereocenters. The van der Waals surface area contributed by atoms with E-state index in [9.17, 15) is 9.59 Å². The van der Waals surface area contributed by atoms with Crippen LogP contribution in [0.1, 0.15) is 57.9 Å². The number of hydrogen-bond acceptors (Lipinski definition) is 3. The largest absolute Gasteiger partial charge is 0.370 e. The van der Waals surface area contributed by atoms with Gasteiger partial charge in [-0.25, -0.2) is 4.68 Å². The van der Waals surface area contributed by atoms with Crippen molar-refractivity contribution in [2.24, 2.45) is 5.73 Å². The first-order valence-electron chi connectivity index (χ1n) is 11.7. The first kappa shape index (κ1) is 25.2. The highest BCUT2D eigenvalue weighted by molar-refractivity contribution is 5.94. The fourth-order valence-electron chi connectivity index (χ4n) is 4.04. The fourth-order valence-corrected chi connectivity index (χ4v) is 4.04. The first-order valence-corrected chi connectivity index (χ1v) is 11.7. The Morgan fingerprint density at radius 3 is 2.00 bits per heavy atom. The fraction of sp³-hybridized carbons (Fsp3) is 0.393. The minimum Gasteiger partial charge on any atom is -0.370 e. The highest BCUT2D eigenvalue weighted by Crippen LogP contribution is 2.33. The quantitative estimate of drug-likeness (QED) is 0.506. The molecule has 0 aliphatic rings. The minimum atomic E-state index is -0.441. The number of nitrogens with zero attached hydrogens (tertiary/aromatic N) is 3. The molecular weight excluding hydrogens is 424 g/mol. The van der Waals surface area contributed by atoms with Crippen molar-refractivity contribution in [1.82, 2.24) is 9.78 Å². The van der Waals surface area contributed by atoms with Gasteiger partial charge in [-0.1, -0.05) is 74.5 Å². The van der Waals surface area contributed by atoms with Crippen molar-refractivity contribution >= 4 is 17.6 Å². The molecule has 3 aromatic rings. The van der Waals surface area contributed by atoms with Crippen LogP contribution in [0.15, 0.2) is 66.7 Å². The molecule has 2 amide bonds. The van der Waals surface area contributed by atoms with Crippen molar-refractivity contribution in [3.63, 3.8) is 0 Å². The van der Waals surface area contributed by atoms with Crippen LogP contribution in [-0.2, 0) is 33.4 Å². The van der Waals surface area contributed by atoms with Crippen molar-refractivity contribution in [3.05, 3.63) is 83.6 Å². The second-order valence-corrected chi connectivity index (χ2v) is 10.4. The number of carbonyl (C=O) groups is 2. The van der Waals surface area contributed by atoms with Crippen molar-refractivity contribution in [2.75, 3.05) is 11.4 Å². The van der Waals surface area contributed by atoms with E-state index in [4.69, 9.17) is 10.8 Å². The summed E-state index contributed by atoms with van der Waals surface area (Å²) in [6.07, 6.45) is 1.13. The topological polar surface area (TPSA) is 81.2 Å². The Labute approximate surface area is 202 Å². The van der Waals surface area contributed by atoms with Crippen LogP contribution < -0.4 is 10.6 Å². The lowest BCUT2D eigenvalue weighted by Crippen LogP contribution is -2.39. The van der Waals surface area contributed by atoms with Crippen molar-refractivity contribution < 1.29 is 9.59 Å². The molecule has 0 aliphatic carbocycles. The van der Waals surface area contributed by atoms with E-state index >= 15 is 0 Å². The van der Waals surface area contributed by atoms with Crippen molar-refractivity contribution in [3.8, 4) is 0 Å². The third-order valence-electron chi connectivity index (χ3n) is 5.87. The number of benzene rings is 2. The molecule has 34 heavy (non-hydrogen) atoms. The smallest absolute Gasteiger partial charge is 0.232 e. The number of hydrogen-bond donors (Lipinski definition) is 1. The maximum absolute atomic E-state index is 13.5. The van der Waals surface area contributed by atoms with Gasteiger partial charge >= 0.3 is 0 Å². The standard InChI is InChI=1S/C28H36N4O2/c1-27(2,3)32-25(19-23(30-32)28(4,5)20-22-14-10-7-11-15-22)31(17-16-24(29)33)26(34)18-21-12-8-6-9-13-21/h6-15,19H,16-18,20H2,1-5H3,(H2,29,33). The molecule has 0 aliphatic heterocycles. The van der Waals surface area contributed by atoms with E-state index < -0.39 is 5.91 Å². The van der Waals surface area contributed by atoms with Crippen LogP contribution in [0.5, 0.6) is 0 Å². The highest BCUT2D eigenvalue weighted by atomic mass is 16.2. The molecule has 1 aromatic heterocycles. The van der Waals surface area contributed by atoms with Crippen molar-refractivity contribution in [2.45, 2.75) is 64.8 Å². The van der Waals surface area contributed by atoms with Gasteiger partial charge in [0.15, 0.2) is 0 Å². The number of anilines is 1. The second kappa shape index (κ2) is 10.2. The van der Waals surface area contributed by atoms with Gasteiger partial charge in [-0.2, -0.15) is 5.10 Å². The summed E-state index contributed by atoms with van der Waals surface area (Å²) in [6.45, 7) is 10.7. The van der Waals surface area contributed by atoms with Gasteiger partial charge in [0.1, 0.15) is 5.82 Å². The van der Waals surface area contributed by atoms with Gasteiger partial charge in [-0.3, -0.25) is 14.5 Å². The summed E-state index contributed by atoms with van der Waals surface area (Å²) in [5.74, 6) is 0.153. The van der Waals surface area contributed by atoms with Gasteiger partial charge < -0.3 is 5.73 Å². The summed E-state index contributed by atoms with van der Waals surface area (Å²) in [6, 6.07) is 21.9. The molecule has 6 nitrogen and oxygen atoms in total. The van der Waals surface area contributed by atoms with Crippen molar-refractivity contribution in [1.29, 1.82) is 0 Å². The number of aromatic nitrogens is 2. The lowest BCUT2D eigenvalue weighted by Gasteiger charge is -2.29. The van der Waals surface area contributed by atoms with Crippen LogP contribution in [0.3, 0.4) is 0 Å². The second-order valence-electron chi connectivity index (χ2n) is 10.4. The zero-order valence-corrected chi connectivity index (χ0v) is 20.9. The monoisotopic (exact) mass is 460 g/mol. The summed E-state index contributed by atoms with van der Waals surface area (Å²) >= 11 is 0. The van der Waals surface area contributed by atoms with Gasteiger partial charge in [-0.15, -0.1) is 0 Å².